The average molecular weight is 361 g/mol. The van der Waals surface area contributed by atoms with Crippen LogP contribution in [0.25, 0.3) is 0 Å². The minimum Gasteiger partial charge on any atom is -0.436 e. The highest BCUT2D eigenvalue weighted by Gasteiger charge is 2.15. The maximum atomic E-state index is 13.6. The van der Waals surface area contributed by atoms with Gasteiger partial charge in [0, 0.05) is 16.6 Å². The van der Waals surface area contributed by atoms with Crippen LogP contribution in [0.2, 0.25) is 0 Å². The predicted octanol–water partition coefficient (Wildman–Crippen LogP) is 3.11. The molecule has 3 N–H and O–H groups in total. The van der Waals surface area contributed by atoms with E-state index in [0.29, 0.717) is 10.5 Å². The Morgan fingerprint density at radius 1 is 1.29 bits per heavy atom. The lowest BCUT2D eigenvalue weighted by molar-refractivity contribution is -0.385. The first-order valence-corrected chi connectivity index (χ1v) is 6.15. The predicted molar refractivity (Wildman–Crippen MR) is 72.8 cm³/mol. The number of aromatic nitrogens is 1. The summed E-state index contributed by atoms with van der Waals surface area (Å²) in [6.45, 7) is 0. The lowest BCUT2D eigenvalue weighted by Gasteiger charge is -2.08. The summed E-state index contributed by atoms with van der Waals surface area (Å²) >= 11 is 3.06. The van der Waals surface area contributed by atoms with E-state index < -0.39 is 28.3 Å². The molecule has 0 saturated heterocycles. The highest BCUT2D eigenvalue weighted by atomic mass is 79.9. The van der Waals surface area contributed by atoms with E-state index in [4.69, 9.17) is 10.6 Å². The van der Waals surface area contributed by atoms with Gasteiger partial charge < -0.3 is 10.2 Å². The molecule has 0 spiro atoms. The zero-order chi connectivity index (χ0) is 15.6. The monoisotopic (exact) mass is 360 g/mol. The Labute approximate surface area is 125 Å². The molecular formula is C11H7BrF2N4O3. The van der Waals surface area contributed by atoms with Gasteiger partial charge in [-0.15, -0.1) is 0 Å². The van der Waals surface area contributed by atoms with Crippen molar-refractivity contribution in [1.29, 1.82) is 0 Å². The normalized spacial score (nSPS) is 10.3. The van der Waals surface area contributed by atoms with E-state index >= 15 is 0 Å². The minimum atomic E-state index is -1.07. The number of nitro groups is 1. The highest BCUT2D eigenvalue weighted by Crippen LogP contribution is 2.31. The summed E-state index contributed by atoms with van der Waals surface area (Å²) in [5.41, 5.74) is 1.67. The van der Waals surface area contributed by atoms with E-state index in [1.54, 1.807) is 0 Å². The van der Waals surface area contributed by atoms with Gasteiger partial charge in [-0.05, 0) is 6.07 Å². The molecule has 0 amide bonds. The van der Waals surface area contributed by atoms with Crippen LogP contribution in [0.1, 0.15) is 0 Å². The van der Waals surface area contributed by atoms with Gasteiger partial charge in [0.15, 0.2) is 17.5 Å². The SMILES string of the molecule is NNc1nc(Oc2cc(Br)cc([N+](=O)[O-])c2)c(F)cc1F. The van der Waals surface area contributed by atoms with Crippen molar-refractivity contribution in [3.8, 4) is 11.6 Å². The lowest BCUT2D eigenvalue weighted by Crippen LogP contribution is -2.11. The first kappa shape index (κ1) is 15.1. The number of nitrogen functional groups attached to an aromatic ring is 1. The van der Waals surface area contributed by atoms with E-state index in [1.165, 1.54) is 12.1 Å². The minimum absolute atomic E-state index is 0.0444. The summed E-state index contributed by atoms with van der Waals surface area (Å²) in [6.07, 6.45) is 0. The Hall–Kier alpha value is -2.33. The molecule has 2 rings (SSSR count). The number of rotatable bonds is 4. The van der Waals surface area contributed by atoms with Gasteiger partial charge in [0.1, 0.15) is 5.75 Å². The number of benzene rings is 1. The van der Waals surface area contributed by atoms with Crippen LogP contribution in [-0.4, -0.2) is 9.91 Å². The van der Waals surface area contributed by atoms with Crippen LogP contribution in [0.3, 0.4) is 0 Å². The van der Waals surface area contributed by atoms with E-state index in [0.717, 1.165) is 6.07 Å². The smallest absolute Gasteiger partial charge is 0.274 e. The van der Waals surface area contributed by atoms with E-state index in [1.807, 2.05) is 5.43 Å². The number of nitrogens with two attached hydrogens (primary N) is 1. The lowest BCUT2D eigenvalue weighted by atomic mass is 10.3. The Balaban J connectivity index is 2.40. The molecule has 0 atom stereocenters. The Kier molecular flexibility index (Phi) is 4.29. The van der Waals surface area contributed by atoms with Crippen molar-refractivity contribution in [3.05, 3.63) is 50.5 Å². The largest absolute Gasteiger partial charge is 0.436 e. The van der Waals surface area contributed by atoms with Crippen LogP contribution in [-0.2, 0) is 0 Å². The molecule has 0 radical (unpaired) electrons. The third-order valence-corrected chi connectivity index (χ3v) is 2.77. The number of nitrogens with one attached hydrogen (secondary N) is 1. The van der Waals surface area contributed by atoms with Crippen LogP contribution in [0, 0.1) is 21.7 Å². The zero-order valence-electron chi connectivity index (χ0n) is 10.1. The van der Waals surface area contributed by atoms with Crippen LogP contribution < -0.4 is 16.0 Å². The van der Waals surface area contributed by atoms with Gasteiger partial charge in [-0.25, -0.2) is 14.6 Å². The number of pyridine rings is 1. The molecule has 0 fully saturated rings. The first-order chi connectivity index (χ1) is 9.90. The Morgan fingerprint density at radius 3 is 2.62 bits per heavy atom. The van der Waals surface area contributed by atoms with Crippen molar-refractivity contribution in [2.75, 3.05) is 5.43 Å². The van der Waals surface area contributed by atoms with Crippen LogP contribution >= 0.6 is 15.9 Å². The summed E-state index contributed by atoms with van der Waals surface area (Å²) < 4.78 is 32.2. The summed E-state index contributed by atoms with van der Waals surface area (Å²) in [7, 11) is 0. The van der Waals surface area contributed by atoms with Crippen molar-refractivity contribution in [1.82, 2.24) is 4.98 Å². The van der Waals surface area contributed by atoms with Crippen molar-refractivity contribution in [3.63, 3.8) is 0 Å². The topological polar surface area (TPSA) is 103 Å². The quantitative estimate of drug-likeness (QED) is 0.493. The highest BCUT2D eigenvalue weighted by molar-refractivity contribution is 9.10. The molecule has 0 aliphatic carbocycles. The van der Waals surface area contributed by atoms with E-state index in [9.17, 15) is 18.9 Å². The van der Waals surface area contributed by atoms with Crippen molar-refractivity contribution in [2.24, 2.45) is 5.84 Å². The number of nitro benzene ring substituents is 1. The molecule has 2 aromatic rings. The molecule has 0 aliphatic rings. The van der Waals surface area contributed by atoms with Crippen LogP contribution in [0.4, 0.5) is 20.3 Å². The van der Waals surface area contributed by atoms with Gasteiger partial charge >= 0.3 is 0 Å². The van der Waals surface area contributed by atoms with Gasteiger partial charge in [-0.3, -0.25) is 10.1 Å². The number of hydrazine groups is 1. The second-order valence-corrected chi connectivity index (χ2v) is 4.67. The third kappa shape index (κ3) is 3.41. The van der Waals surface area contributed by atoms with Crippen molar-refractivity contribution < 1.29 is 18.4 Å². The van der Waals surface area contributed by atoms with Crippen LogP contribution in [0.15, 0.2) is 28.7 Å². The second kappa shape index (κ2) is 5.97. The number of halogens is 3. The molecule has 1 aromatic heterocycles. The molecule has 110 valence electrons. The molecule has 7 nitrogen and oxygen atoms in total. The van der Waals surface area contributed by atoms with Gasteiger partial charge in [-0.1, -0.05) is 15.9 Å². The van der Waals surface area contributed by atoms with E-state index in [-0.39, 0.29) is 11.4 Å². The summed E-state index contributed by atoms with van der Waals surface area (Å²) in [5, 5.41) is 10.7. The standard InChI is InChI=1S/C11H7BrF2N4O3/c12-5-1-6(18(19)20)3-7(2-5)21-11-9(14)4-8(13)10(16-11)17-15/h1-4H,15H2,(H,16,17). The molecule has 1 aromatic carbocycles. The molecule has 1 heterocycles. The number of non-ortho nitro benzene ring substituents is 1. The first-order valence-electron chi connectivity index (χ1n) is 5.36. The van der Waals surface area contributed by atoms with Gasteiger partial charge in [0.25, 0.3) is 11.6 Å². The number of anilines is 1. The molecule has 0 unspecified atom stereocenters. The molecule has 21 heavy (non-hydrogen) atoms. The summed E-state index contributed by atoms with van der Waals surface area (Å²) in [4.78, 5) is 13.6. The number of hydrogen-bond donors (Lipinski definition) is 2. The summed E-state index contributed by atoms with van der Waals surface area (Å²) in [6, 6.07) is 4.22. The second-order valence-electron chi connectivity index (χ2n) is 3.75. The molecular weight excluding hydrogens is 354 g/mol. The van der Waals surface area contributed by atoms with Gasteiger partial charge in [0.2, 0.25) is 0 Å². The molecule has 10 heteroatoms. The molecule has 0 bridgehead atoms. The number of ether oxygens (including phenoxy) is 1. The number of hydrogen-bond acceptors (Lipinski definition) is 6. The maximum Gasteiger partial charge on any atom is 0.274 e. The fraction of sp³-hybridized carbons (Fsp3) is 0. The number of nitrogens with zero attached hydrogens (tertiary/aromatic N) is 2. The molecule has 0 saturated carbocycles. The van der Waals surface area contributed by atoms with Gasteiger partial charge in [0.05, 0.1) is 11.0 Å². The zero-order valence-corrected chi connectivity index (χ0v) is 11.7. The maximum absolute atomic E-state index is 13.6. The van der Waals surface area contributed by atoms with E-state index in [2.05, 4.69) is 20.9 Å². The Morgan fingerprint density at radius 2 is 2.00 bits per heavy atom. The summed E-state index contributed by atoms with van der Waals surface area (Å²) in [5.74, 6) is 1.91. The van der Waals surface area contributed by atoms with Crippen molar-refractivity contribution in [2.45, 2.75) is 0 Å². The Bertz CT molecular complexity index is 714. The van der Waals surface area contributed by atoms with Gasteiger partial charge in [-0.2, -0.15) is 4.98 Å². The average Bonchev–Trinajstić information content (AvgIpc) is 2.41. The fourth-order valence-electron chi connectivity index (χ4n) is 1.45. The van der Waals surface area contributed by atoms with Crippen LogP contribution in [0.5, 0.6) is 11.6 Å². The molecule has 0 aliphatic heterocycles. The van der Waals surface area contributed by atoms with Crippen molar-refractivity contribution >= 4 is 27.4 Å². The third-order valence-electron chi connectivity index (χ3n) is 2.32. The fourth-order valence-corrected chi connectivity index (χ4v) is 1.91.